The summed E-state index contributed by atoms with van der Waals surface area (Å²) >= 11 is 3.60. The predicted octanol–water partition coefficient (Wildman–Crippen LogP) is 6.05. The topological polar surface area (TPSA) is 38.7 Å². The SMILES string of the molecule is CCC(O)c1cc(OCc2ccccc2)c(Br)c(OCc2ccccc2)c1. The van der Waals surface area contributed by atoms with Crippen LogP contribution in [-0.2, 0) is 13.2 Å². The van der Waals surface area contributed by atoms with Gasteiger partial charge in [-0.2, -0.15) is 0 Å². The molecule has 0 aliphatic heterocycles. The molecular formula is C23H23BrO3. The van der Waals surface area contributed by atoms with E-state index in [-0.39, 0.29) is 0 Å². The Morgan fingerprint density at radius 2 is 1.26 bits per heavy atom. The minimum absolute atomic E-state index is 0.448. The molecule has 3 aromatic carbocycles. The van der Waals surface area contributed by atoms with E-state index in [4.69, 9.17) is 9.47 Å². The van der Waals surface area contributed by atoms with E-state index in [1.54, 1.807) is 0 Å². The molecule has 3 aromatic rings. The Morgan fingerprint density at radius 3 is 1.67 bits per heavy atom. The molecule has 27 heavy (non-hydrogen) atoms. The second kappa shape index (κ2) is 9.58. The van der Waals surface area contributed by atoms with Gasteiger partial charge in [-0.05, 0) is 51.2 Å². The van der Waals surface area contributed by atoms with Gasteiger partial charge in [-0.1, -0.05) is 67.6 Å². The molecule has 0 heterocycles. The van der Waals surface area contributed by atoms with Gasteiger partial charge in [0.25, 0.3) is 0 Å². The maximum atomic E-state index is 10.3. The highest BCUT2D eigenvalue weighted by molar-refractivity contribution is 9.10. The zero-order chi connectivity index (χ0) is 19.1. The molecule has 3 rings (SSSR count). The van der Waals surface area contributed by atoms with Crippen LogP contribution in [0.5, 0.6) is 11.5 Å². The number of aliphatic hydroxyl groups excluding tert-OH is 1. The fourth-order valence-electron chi connectivity index (χ4n) is 2.70. The number of rotatable bonds is 8. The van der Waals surface area contributed by atoms with Crippen molar-refractivity contribution in [3.63, 3.8) is 0 Å². The molecule has 0 aliphatic carbocycles. The van der Waals surface area contributed by atoms with Crippen LogP contribution in [0.25, 0.3) is 0 Å². The van der Waals surface area contributed by atoms with Crippen LogP contribution in [0.3, 0.4) is 0 Å². The molecule has 0 amide bonds. The number of aliphatic hydroxyl groups is 1. The smallest absolute Gasteiger partial charge is 0.138 e. The van der Waals surface area contributed by atoms with Crippen molar-refractivity contribution in [2.24, 2.45) is 0 Å². The largest absolute Gasteiger partial charge is 0.488 e. The van der Waals surface area contributed by atoms with E-state index in [2.05, 4.69) is 15.9 Å². The first kappa shape index (κ1) is 19.5. The van der Waals surface area contributed by atoms with Crippen LogP contribution in [0.4, 0.5) is 0 Å². The molecule has 0 aromatic heterocycles. The average molecular weight is 427 g/mol. The molecule has 1 N–H and O–H groups in total. The number of halogens is 1. The van der Waals surface area contributed by atoms with Crippen LogP contribution in [0.2, 0.25) is 0 Å². The third-order valence-electron chi connectivity index (χ3n) is 4.27. The number of ether oxygens (including phenoxy) is 2. The van der Waals surface area contributed by atoms with Crippen molar-refractivity contribution >= 4 is 15.9 Å². The second-order valence-corrected chi connectivity index (χ2v) is 7.10. The molecule has 4 heteroatoms. The first-order chi connectivity index (χ1) is 13.2. The van der Waals surface area contributed by atoms with Gasteiger partial charge in [0, 0.05) is 0 Å². The van der Waals surface area contributed by atoms with Gasteiger partial charge < -0.3 is 14.6 Å². The molecule has 0 saturated heterocycles. The highest BCUT2D eigenvalue weighted by atomic mass is 79.9. The first-order valence-corrected chi connectivity index (χ1v) is 9.81. The van der Waals surface area contributed by atoms with Gasteiger partial charge in [-0.3, -0.25) is 0 Å². The summed E-state index contributed by atoms with van der Waals surface area (Å²) in [5, 5.41) is 10.3. The van der Waals surface area contributed by atoms with Crippen molar-refractivity contribution < 1.29 is 14.6 Å². The molecular weight excluding hydrogens is 404 g/mol. The third kappa shape index (κ3) is 5.34. The Morgan fingerprint density at radius 1 is 0.815 bits per heavy atom. The zero-order valence-electron chi connectivity index (χ0n) is 15.3. The van der Waals surface area contributed by atoms with Gasteiger partial charge in [0.2, 0.25) is 0 Å². The molecule has 3 nitrogen and oxygen atoms in total. The Kier molecular flexibility index (Phi) is 6.91. The van der Waals surface area contributed by atoms with Crippen molar-refractivity contribution in [3.8, 4) is 11.5 Å². The second-order valence-electron chi connectivity index (χ2n) is 6.30. The van der Waals surface area contributed by atoms with Crippen molar-refractivity contribution in [3.05, 3.63) is 94.0 Å². The van der Waals surface area contributed by atoms with Crippen LogP contribution < -0.4 is 9.47 Å². The van der Waals surface area contributed by atoms with Crippen molar-refractivity contribution in [2.45, 2.75) is 32.7 Å². The summed E-state index contributed by atoms with van der Waals surface area (Å²) in [6.45, 7) is 2.84. The maximum Gasteiger partial charge on any atom is 0.138 e. The summed E-state index contributed by atoms with van der Waals surface area (Å²) in [7, 11) is 0. The molecule has 0 fully saturated rings. The van der Waals surface area contributed by atoms with E-state index in [0.29, 0.717) is 31.1 Å². The van der Waals surface area contributed by atoms with Gasteiger partial charge in [-0.15, -0.1) is 0 Å². The fraction of sp³-hybridized carbons (Fsp3) is 0.217. The summed E-state index contributed by atoms with van der Waals surface area (Å²) in [5.41, 5.74) is 2.95. The van der Waals surface area contributed by atoms with E-state index in [1.807, 2.05) is 79.7 Å². The first-order valence-electron chi connectivity index (χ1n) is 9.02. The quantitative estimate of drug-likeness (QED) is 0.476. The molecule has 0 bridgehead atoms. The van der Waals surface area contributed by atoms with E-state index < -0.39 is 6.10 Å². The van der Waals surface area contributed by atoms with Gasteiger partial charge in [0.1, 0.15) is 29.2 Å². The van der Waals surface area contributed by atoms with Gasteiger partial charge in [0.15, 0.2) is 0 Å². The lowest BCUT2D eigenvalue weighted by molar-refractivity contribution is 0.172. The van der Waals surface area contributed by atoms with Gasteiger partial charge >= 0.3 is 0 Å². The summed E-state index contributed by atoms with van der Waals surface area (Å²) in [5.74, 6) is 1.32. The lowest BCUT2D eigenvalue weighted by Crippen LogP contribution is -2.03. The highest BCUT2D eigenvalue weighted by Gasteiger charge is 2.15. The van der Waals surface area contributed by atoms with E-state index in [9.17, 15) is 5.11 Å². The van der Waals surface area contributed by atoms with Crippen LogP contribution in [-0.4, -0.2) is 5.11 Å². The monoisotopic (exact) mass is 426 g/mol. The van der Waals surface area contributed by atoms with Crippen molar-refractivity contribution in [1.29, 1.82) is 0 Å². The molecule has 0 spiro atoms. The van der Waals surface area contributed by atoms with Crippen LogP contribution in [0, 0.1) is 0 Å². The van der Waals surface area contributed by atoms with E-state index in [0.717, 1.165) is 21.2 Å². The number of hydrogen-bond donors (Lipinski definition) is 1. The molecule has 0 radical (unpaired) electrons. The van der Waals surface area contributed by atoms with Crippen molar-refractivity contribution in [2.75, 3.05) is 0 Å². The Balaban J connectivity index is 1.82. The maximum absolute atomic E-state index is 10.3. The lowest BCUT2D eigenvalue weighted by Gasteiger charge is -2.17. The summed E-state index contributed by atoms with van der Waals surface area (Å²) in [4.78, 5) is 0. The molecule has 1 unspecified atom stereocenters. The Bertz CT molecular complexity index is 786. The summed E-state index contributed by atoms with van der Waals surface area (Å²) < 4.78 is 12.8. The highest BCUT2D eigenvalue weighted by Crippen LogP contribution is 2.39. The zero-order valence-corrected chi connectivity index (χ0v) is 16.9. The number of benzene rings is 3. The average Bonchev–Trinajstić information content (AvgIpc) is 2.73. The third-order valence-corrected chi connectivity index (χ3v) is 5.06. The van der Waals surface area contributed by atoms with E-state index >= 15 is 0 Å². The number of hydrogen-bond acceptors (Lipinski definition) is 3. The Hall–Kier alpha value is -2.30. The van der Waals surface area contributed by atoms with E-state index in [1.165, 1.54) is 0 Å². The molecule has 0 aliphatic rings. The van der Waals surface area contributed by atoms with Gasteiger partial charge in [0.05, 0.1) is 6.10 Å². The van der Waals surface area contributed by atoms with Crippen LogP contribution >= 0.6 is 15.9 Å². The summed E-state index contributed by atoms with van der Waals surface area (Å²) in [6, 6.07) is 23.7. The van der Waals surface area contributed by atoms with Crippen LogP contribution in [0.1, 0.15) is 36.1 Å². The summed E-state index contributed by atoms with van der Waals surface area (Å²) in [6.07, 6.45) is 0.0639. The minimum atomic E-state index is -0.559. The molecule has 0 saturated carbocycles. The van der Waals surface area contributed by atoms with Crippen molar-refractivity contribution in [1.82, 2.24) is 0 Å². The van der Waals surface area contributed by atoms with Gasteiger partial charge in [-0.25, -0.2) is 0 Å². The minimum Gasteiger partial charge on any atom is -0.488 e. The fourth-order valence-corrected chi connectivity index (χ4v) is 3.16. The normalized spacial score (nSPS) is 11.8. The molecule has 1 atom stereocenters. The lowest BCUT2D eigenvalue weighted by atomic mass is 10.1. The standard InChI is InChI=1S/C23H23BrO3/c1-2-20(25)19-13-21(26-15-17-9-5-3-6-10-17)23(24)22(14-19)27-16-18-11-7-4-8-12-18/h3-14,20,25H,2,15-16H2,1H3. The van der Waals surface area contributed by atoms with Crippen LogP contribution in [0.15, 0.2) is 77.3 Å². The Labute approximate surface area is 168 Å². The molecule has 140 valence electrons. The predicted molar refractivity (Wildman–Crippen MR) is 111 cm³/mol.